The standard InChI is InChI=1S/C23H20F2N2O4S3/c24-17-2-1-14(10-18(17)25)15-9-16(33-12-15)11-19-21(29)27(23(32)34-19)8-5-20(28)26-6-3-13(4-7-26)22(30)31/h1-2,9-13H,3-8H2,(H,30,31)/b19-11-. The van der Waals surface area contributed by atoms with Crippen molar-refractivity contribution in [1.29, 1.82) is 0 Å². The fraction of sp³-hybridized carbons (Fsp3) is 0.304. The molecule has 0 radical (unpaired) electrons. The molecule has 2 fully saturated rings. The van der Waals surface area contributed by atoms with Crippen LogP contribution in [0.5, 0.6) is 0 Å². The average molecular weight is 523 g/mol. The van der Waals surface area contributed by atoms with Gasteiger partial charge in [-0.15, -0.1) is 11.3 Å². The van der Waals surface area contributed by atoms with Crippen LogP contribution in [0.4, 0.5) is 8.78 Å². The second-order valence-electron chi connectivity index (χ2n) is 7.94. The molecule has 3 heterocycles. The summed E-state index contributed by atoms with van der Waals surface area (Å²) < 4.78 is 27.1. The van der Waals surface area contributed by atoms with Crippen LogP contribution < -0.4 is 0 Å². The molecular formula is C23H20F2N2O4S3. The van der Waals surface area contributed by atoms with Gasteiger partial charge in [0.1, 0.15) is 4.32 Å². The van der Waals surface area contributed by atoms with Crippen molar-refractivity contribution in [2.75, 3.05) is 19.6 Å². The van der Waals surface area contributed by atoms with E-state index in [4.69, 9.17) is 17.3 Å². The van der Waals surface area contributed by atoms with Gasteiger partial charge in [-0.25, -0.2) is 8.78 Å². The zero-order valence-electron chi connectivity index (χ0n) is 17.8. The molecule has 0 aliphatic carbocycles. The Hall–Kier alpha value is -2.63. The van der Waals surface area contributed by atoms with Crippen LogP contribution >= 0.6 is 35.3 Å². The zero-order valence-corrected chi connectivity index (χ0v) is 20.3. The number of thiophene rings is 1. The molecule has 0 bridgehead atoms. The first kappa shape index (κ1) is 24.5. The normalized spacial score (nSPS) is 18.2. The van der Waals surface area contributed by atoms with E-state index in [0.29, 0.717) is 46.3 Å². The number of rotatable bonds is 6. The largest absolute Gasteiger partial charge is 0.481 e. The topological polar surface area (TPSA) is 77.9 Å². The maximum atomic E-state index is 13.5. The minimum atomic E-state index is -0.924. The number of hydrogen-bond donors (Lipinski definition) is 1. The zero-order chi connectivity index (χ0) is 24.4. The molecule has 0 atom stereocenters. The molecule has 4 rings (SSSR count). The number of carbonyl (C=O) groups is 3. The lowest BCUT2D eigenvalue weighted by atomic mass is 9.97. The number of piperidine rings is 1. The van der Waals surface area contributed by atoms with Crippen molar-refractivity contribution < 1.29 is 28.3 Å². The first-order valence-electron chi connectivity index (χ1n) is 10.5. The number of thiocarbonyl (C=S) groups is 1. The molecule has 11 heteroatoms. The van der Waals surface area contributed by atoms with Crippen molar-refractivity contribution in [2.24, 2.45) is 5.92 Å². The van der Waals surface area contributed by atoms with Crippen molar-refractivity contribution in [2.45, 2.75) is 19.3 Å². The number of carbonyl (C=O) groups excluding carboxylic acids is 2. The summed E-state index contributed by atoms with van der Waals surface area (Å²) in [6.07, 6.45) is 2.67. The van der Waals surface area contributed by atoms with E-state index in [1.165, 1.54) is 22.3 Å². The second-order valence-corrected chi connectivity index (χ2v) is 10.6. The predicted molar refractivity (Wildman–Crippen MR) is 131 cm³/mol. The SMILES string of the molecule is O=C(O)C1CCN(C(=O)CCN2C(=O)/C(=C/c3cc(-c4ccc(F)c(F)c4)cs3)SC2=S)CC1. The van der Waals surface area contributed by atoms with Crippen LogP contribution in [0.1, 0.15) is 24.1 Å². The number of aliphatic carboxylic acids is 1. The third-order valence-corrected chi connectivity index (χ3v) is 8.02. The summed E-state index contributed by atoms with van der Waals surface area (Å²) in [4.78, 5) is 40.7. The minimum absolute atomic E-state index is 0.108. The molecule has 2 amide bonds. The third kappa shape index (κ3) is 5.37. The lowest BCUT2D eigenvalue weighted by Gasteiger charge is -2.30. The summed E-state index contributed by atoms with van der Waals surface area (Å²) in [5.41, 5.74) is 1.25. The molecule has 0 unspecified atom stereocenters. The van der Waals surface area contributed by atoms with Crippen LogP contribution in [0, 0.1) is 17.6 Å². The Bertz CT molecular complexity index is 1190. The Morgan fingerprint density at radius 1 is 1.15 bits per heavy atom. The van der Waals surface area contributed by atoms with Gasteiger partial charge in [-0.2, -0.15) is 0 Å². The van der Waals surface area contributed by atoms with Crippen LogP contribution in [-0.4, -0.2) is 56.6 Å². The van der Waals surface area contributed by atoms with Crippen LogP contribution in [-0.2, 0) is 14.4 Å². The van der Waals surface area contributed by atoms with Crippen LogP contribution in [0.3, 0.4) is 0 Å². The molecule has 2 aliphatic rings. The highest BCUT2D eigenvalue weighted by molar-refractivity contribution is 8.26. The first-order chi connectivity index (χ1) is 16.2. The van der Waals surface area contributed by atoms with Crippen LogP contribution in [0.2, 0.25) is 0 Å². The van der Waals surface area contributed by atoms with Crippen LogP contribution in [0.25, 0.3) is 17.2 Å². The van der Waals surface area contributed by atoms with E-state index >= 15 is 0 Å². The van der Waals surface area contributed by atoms with Gasteiger partial charge in [-0.3, -0.25) is 19.3 Å². The predicted octanol–water partition coefficient (Wildman–Crippen LogP) is 4.61. The van der Waals surface area contributed by atoms with E-state index in [1.54, 1.807) is 22.4 Å². The number of likely N-dealkylation sites (tertiary alicyclic amines) is 1. The van der Waals surface area contributed by atoms with Gasteiger partial charge in [-0.1, -0.05) is 30.0 Å². The maximum Gasteiger partial charge on any atom is 0.306 e. The van der Waals surface area contributed by atoms with E-state index in [9.17, 15) is 23.2 Å². The number of carboxylic acids is 1. The van der Waals surface area contributed by atoms with Crippen molar-refractivity contribution in [3.8, 4) is 11.1 Å². The van der Waals surface area contributed by atoms with Crippen molar-refractivity contribution in [3.63, 3.8) is 0 Å². The van der Waals surface area contributed by atoms with Crippen molar-refractivity contribution in [3.05, 3.63) is 51.1 Å². The Morgan fingerprint density at radius 2 is 1.88 bits per heavy atom. The number of thioether (sulfide) groups is 1. The van der Waals surface area contributed by atoms with Gasteiger partial charge in [0.15, 0.2) is 11.6 Å². The molecule has 1 aromatic heterocycles. The third-order valence-electron chi connectivity index (χ3n) is 5.77. The summed E-state index contributed by atoms with van der Waals surface area (Å²) in [6, 6.07) is 5.48. The highest BCUT2D eigenvalue weighted by Crippen LogP contribution is 2.35. The number of benzene rings is 1. The maximum absolute atomic E-state index is 13.5. The van der Waals surface area contributed by atoms with Crippen LogP contribution in [0.15, 0.2) is 34.6 Å². The van der Waals surface area contributed by atoms with Gasteiger partial charge in [0.05, 0.1) is 10.8 Å². The highest BCUT2D eigenvalue weighted by Gasteiger charge is 2.33. The van der Waals surface area contributed by atoms with E-state index in [1.807, 2.05) is 0 Å². The fourth-order valence-corrected chi connectivity index (χ4v) is 6.04. The van der Waals surface area contributed by atoms with E-state index < -0.39 is 23.5 Å². The Labute approximate surface area is 208 Å². The Kier molecular flexibility index (Phi) is 7.44. The fourth-order valence-electron chi connectivity index (χ4n) is 3.82. The van der Waals surface area contributed by atoms with Gasteiger partial charge in [0, 0.05) is 30.9 Å². The molecule has 34 heavy (non-hydrogen) atoms. The van der Waals surface area contributed by atoms with Crippen molar-refractivity contribution in [1.82, 2.24) is 9.80 Å². The number of amides is 2. The average Bonchev–Trinajstić information content (AvgIpc) is 3.38. The minimum Gasteiger partial charge on any atom is -0.481 e. The first-order valence-corrected chi connectivity index (χ1v) is 12.6. The molecule has 0 spiro atoms. The number of carboxylic acid groups (broad SMARTS) is 1. The summed E-state index contributed by atoms with van der Waals surface area (Å²) in [6.45, 7) is 0.948. The molecule has 1 N–H and O–H groups in total. The molecule has 6 nitrogen and oxygen atoms in total. The monoisotopic (exact) mass is 522 g/mol. The number of nitrogens with zero attached hydrogens (tertiary/aromatic N) is 2. The Morgan fingerprint density at radius 3 is 2.56 bits per heavy atom. The van der Waals surface area contributed by atoms with Gasteiger partial charge in [0.2, 0.25) is 5.91 Å². The molecule has 1 aromatic carbocycles. The lowest BCUT2D eigenvalue weighted by molar-refractivity contribution is -0.145. The number of hydrogen-bond acceptors (Lipinski definition) is 6. The molecule has 2 aliphatic heterocycles. The Balaban J connectivity index is 1.36. The molecule has 178 valence electrons. The van der Waals surface area contributed by atoms with Crippen molar-refractivity contribution >= 4 is 63.5 Å². The van der Waals surface area contributed by atoms with E-state index in [2.05, 4.69) is 0 Å². The summed E-state index contributed by atoms with van der Waals surface area (Å²) in [5, 5.41) is 10.9. The molecule has 0 saturated carbocycles. The quantitative estimate of drug-likeness (QED) is 0.441. The number of halogens is 2. The van der Waals surface area contributed by atoms with E-state index in [0.717, 1.165) is 28.8 Å². The summed E-state index contributed by atoms with van der Waals surface area (Å²) >= 11 is 7.85. The summed E-state index contributed by atoms with van der Waals surface area (Å²) in [5.74, 6) is -3.50. The van der Waals surface area contributed by atoms with Gasteiger partial charge in [0.25, 0.3) is 5.91 Å². The molecule has 2 saturated heterocycles. The molecular weight excluding hydrogens is 502 g/mol. The van der Waals surface area contributed by atoms with Gasteiger partial charge >= 0.3 is 5.97 Å². The highest BCUT2D eigenvalue weighted by atomic mass is 32.2. The van der Waals surface area contributed by atoms with E-state index in [-0.39, 0.29) is 24.8 Å². The summed E-state index contributed by atoms with van der Waals surface area (Å²) in [7, 11) is 0. The van der Waals surface area contributed by atoms with Gasteiger partial charge in [-0.05, 0) is 53.6 Å². The second kappa shape index (κ2) is 10.3. The van der Waals surface area contributed by atoms with Gasteiger partial charge < -0.3 is 10.0 Å². The lowest BCUT2D eigenvalue weighted by Crippen LogP contribution is -2.41. The smallest absolute Gasteiger partial charge is 0.306 e. The molecule has 2 aromatic rings.